The molecule has 29 heavy (non-hydrogen) atoms. The van der Waals surface area contributed by atoms with Crippen molar-refractivity contribution in [3.63, 3.8) is 0 Å². The van der Waals surface area contributed by atoms with E-state index >= 15 is 0 Å². The summed E-state index contributed by atoms with van der Waals surface area (Å²) >= 11 is 5.09. The van der Waals surface area contributed by atoms with E-state index in [1.54, 1.807) is 12.1 Å². The summed E-state index contributed by atoms with van der Waals surface area (Å²) in [5.74, 6) is -0.999. The highest BCUT2D eigenvalue weighted by Gasteiger charge is 2.13. The second-order valence-electron chi connectivity index (χ2n) is 5.90. The first kappa shape index (κ1) is 20.0. The first-order chi connectivity index (χ1) is 13.9. The maximum absolute atomic E-state index is 13.0. The maximum atomic E-state index is 13.0. The van der Waals surface area contributed by atoms with Gasteiger partial charge in [0.05, 0.1) is 12.8 Å². The molecule has 0 aliphatic heterocycles. The van der Waals surface area contributed by atoms with E-state index in [9.17, 15) is 19.1 Å². The van der Waals surface area contributed by atoms with Crippen LogP contribution in [0.5, 0.6) is 5.88 Å². The molecule has 0 unspecified atom stereocenters. The number of para-hydroxylation sites is 1. The Morgan fingerprint density at radius 3 is 2.55 bits per heavy atom. The summed E-state index contributed by atoms with van der Waals surface area (Å²) in [5.41, 5.74) is 1.98. The molecule has 0 aliphatic rings. The van der Waals surface area contributed by atoms with E-state index in [-0.39, 0.29) is 17.2 Å². The number of nitrogens with zero attached hydrogens (tertiary/aromatic N) is 2. The number of hydrogen-bond donors (Lipinski definition) is 4. The second kappa shape index (κ2) is 8.93. The number of hydrogen-bond acceptors (Lipinski definition) is 5. The van der Waals surface area contributed by atoms with Crippen LogP contribution in [0.3, 0.4) is 0 Å². The maximum Gasteiger partial charge on any atom is 0.331 e. The van der Waals surface area contributed by atoms with E-state index in [0.29, 0.717) is 5.56 Å². The SMILES string of the molecule is O=c1[nH]c(=O)n(Cc2ccc(F)cc2)c(O)c1/C=N/NC(=S)Nc1ccccc1. The minimum absolute atomic E-state index is 0.0655. The highest BCUT2D eigenvalue weighted by atomic mass is 32.1. The third-order valence-electron chi connectivity index (χ3n) is 3.85. The monoisotopic (exact) mass is 413 g/mol. The molecule has 3 aromatic rings. The lowest BCUT2D eigenvalue weighted by Gasteiger charge is -2.10. The van der Waals surface area contributed by atoms with Crippen LogP contribution in [0.4, 0.5) is 10.1 Å². The van der Waals surface area contributed by atoms with E-state index < -0.39 is 22.9 Å². The van der Waals surface area contributed by atoms with Crippen LogP contribution in [-0.2, 0) is 6.54 Å². The van der Waals surface area contributed by atoms with Gasteiger partial charge in [-0.25, -0.2) is 9.18 Å². The molecular weight excluding hydrogens is 397 g/mol. The lowest BCUT2D eigenvalue weighted by atomic mass is 10.2. The topological polar surface area (TPSA) is 112 Å². The van der Waals surface area contributed by atoms with E-state index in [4.69, 9.17) is 12.2 Å². The summed E-state index contributed by atoms with van der Waals surface area (Å²) < 4.78 is 14.0. The number of nitrogens with one attached hydrogen (secondary N) is 3. The molecule has 0 atom stereocenters. The average molecular weight is 413 g/mol. The molecule has 0 spiro atoms. The predicted molar refractivity (Wildman–Crippen MR) is 112 cm³/mol. The number of aromatic amines is 1. The quantitative estimate of drug-likeness (QED) is 0.288. The normalized spacial score (nSPS) is 10.8. The molecule has 4 N–H and O–H groups in total. The molecule has 0 radical (unpaired) electrons. The Balaban J connectivity index is 1.77. The first-order valence-corrected chi connectivity index (χ1v) is 8.80. The van der Waals surface area contributed by atoms with Crippen LogP contribution < -0.4 is 22.0 Å². The lowest BCUT2D eigenvalue weighted by Crippen LogP contribution is -2.33. The molecule has 10 heteroatoms. The van der Waals surface area contributed by atoms with Gasteiger partial charge in [-0.3, -0.25) is 19.8 Å². The summed E-state index contributed by atoms with van der Waals surface area (Å²) in [7, 11) is 0. The van der Waals surface area contributed by atoms with Gasteiger partial charge < -0.3 is 10.4 Å². The van der Waals surface area contributed by atoms with Crippen LogP contribution in [0.2, 0.25) is 0 Å². The number of hydrazone groups is 1. The van der Waals surface area contributed by atoms with Gasteiger partial charge in [-0.05, 0) is 42.0 Å². The molecule has 1 heterocycles. The van der Waals surface area contributed by atoms with E-state index in [0.717, 1.165) is 16.5 Å². The Bertz CT molecular complexity index is 1160. The summed E-state index contributed by atoms with van der Waals surface area (Å²) in [4.78, 5) is 26.2. The van der Waals surface area contributed by atoms with E-state index in [1.807, 2.05) is 18.2 Å². The largest absolute Gasteiger partial charge is 0.494 e. The molecule has 0 fully saturated rings. The molecule has 148 valence electrons. The van der Waals surface area contributed by atoms with E-state index in [1.165, 1.54) is 24.3 Å². The van der Waals surface area contributed by atoms with Gasteiger partial charge in [0.15, 0.2) is 5.11 Å². The van der Waals surface area contributed by atoms with Crippen molar-refractivity contribution in [1.82, 2.24) is 15.0 Å². The zero-order chi connectivity index (χ0) is 20.8. The number of halogens is 1. The number of anilines is 1. The van der Waals surface area contributed by atoms with Crippen LogP contribution in [0.15, 0.2) is 69.3 Å². The standard InChI is InChI=1S/C19H16FN5O3S/c20-13-8-6-12(7-9-13)11-25-17(27)15(16(26)23-19(25)28)10-21-24-18(29)22-14-4-2-1-3-5-14/h1-10,27H,11H2,(H2,22,24,29)(H,23,26,28)/b21-10+. The van der Waals surface area contributed by atoms with Crippen molar-refractivity contribution in [2.75, 3.05) is 5.32 Å². The summed E-state index contributed by atoms with van der Waals surface area (Å²) in [6, 6.07) is 14.5. The Hall–Kier alpha value is -3.79. The van der Waals surface area contributed by atoms with Crippen molar-refractivity contribution in [2.24, 2.45) is 5.10 Å². The summed E-state index contributed by atoms with van der Waals surface area (Å²) in [6.45, 7) is -0.0655. The highest BCUT2D eigenvalue weighted by Crippen LogP contribution is 2.11. The van der Waals surface area contributed by atoms with Crippen molar-refractivity contribution in [3.8, 4) is 5.88 Å². The Morgan fingerprint density at radius 1 is 1.17 bits per heavy atom. The first-order valence-electron chi connectivity index (χ1n) is 8.39. The molecule has 2 aromatic carbocycles. The van der Waals surface area contributed by atoms with Crippen LogP contribution in [-0.4, -0.2) is 26.0 Å². The number of rotatable bonds is 5. The van der Waals surface area contributed by atoms with Crippen molar-refractivity contribution < 1.29 is 9.50 Å². The van der Waals surface area contributed by atoms with Gasteiger partial charge in [-0.2, -0.15) is 5.10 Å². The van der Waals surface area contributed by atoms with Crippen molar-refractivity contribution in [1.29, 1.82) is 0 Å². The molecular formula is C19H16FN5O3S. The molecule has 3 rings (SSSR count). The number of aromatic hydroxyl groups is 1. The van der Waals surface area contributed by atoms with Crippen molar-refractivity contribution in [3.05, 3.63) is 92.4 Å². The van der Waals surface area contributed by atoms with Gasteiger partial charge in [-0.15, -0.1) is 0 Å². The fourth-order valence-electron chi connectivity index (χ4n) is 2.45. The Labute approximate surface area is 169 Å². The van der Waals surface area contributed by atoms with Crippen LogP contribution in [0.25, 0.3) is 0 Å². The number of H-pyrrole nitrogens is 1. The highest BCUT2D eigenvalue weighted by molar-refractivity contribution is 7.80. The van der Waals surface area contributed by atoms with Crippen molar-refractivity contribution in [2.45, 2.75) is 6.54 Å². The molecule has 0 bridgehead atoms. The van der Waals surface area contributed by atoms with Crippen molar-refractivity contribution >= 4 is 29.2 Å². The fraction of sp³-hybridized carbons (Fsp3) is 0.0526. The number of aromatic nitrogens is 2. The van der Waals surface area contributed by atoms with Gasteiger partial charge in [0.1, 0.15) is 11.4 Å². The third-order valence-corrected chi connectivity index (χ3v) is 4.05. The predicted octanol–water partition coefficient (Wildman–Crippen LogP) is 1.75. The molecule has 0 saturated heterocycles. The minimum Gasteiger partial charge on any atom is -0.494 e. The molecule has 0 amide bonds. The van der Waals surface area contributed by atoms with E-state index in [2.05, 4.69) is 20.8 Å². The second-order valence-corrected chi connectivity index (χ2v) is 6.31. The fourth-order valence-corrected chi connectivity index (χ4v) is 2.62. The summed E-state index contributed by atoms with van der Waals surface area (Å²) in [5, 5.41) is 17.3. The van der Waals surface area contributed by atoms with Gasteiger partial charge in [-0.1, -0.05) is 30.3 Å². The van der Waals surface area contributed by atoms with Gasteiger partial charge in [0.25, 0.3) is 5.56 Å². The third kappa shape index (κ3) is 5.14. The van der Waals surface area contributed by atoms with Crippen LogP contribution in [0, 0.1) is 5.82 Å². The zero-order valence-electron chi connectivity index (χ0n) is 14.9. The Kier molecular flexibility index (Phi) is 6.15. The molecule has 8 nitrogen and oxygen atoms in total. The zero-order valence-corrected chi connectivity index (χ0v) is 15.7. The smallest absolute Gasteiger partial charge is 0.331 e. The van der Waals surface area contributed by atoms with Gasteiger partial charge in [0.2, 0.25) is 5.88 Å². The van der Waals surface area contributed by atoms with Crippen LogP contribution >= 0.6 is 12.2 Å². The number of benzene rings is 2. The summed E-state index contributed by atoms with van der Waals surface area (Å²) in [6.07, 6.45) is 1.05. The minimum atomic E-state index is -0.810. The molecule has 0 saturated carbocycles. The lowest BCUT2D eigenvalue weighted by molar-refractivity contribution is 0.408. The van der Waals surface area contributed by atoms with Crippen LogP contribution in [0.1, 0.15) is 11.1 Å². The Morgan fingerprint density at radius 2 is 1.86 bits per heavy atom. The van der Waals surface area contributed by atoms with Gasteiger partial charge in [0, 0.05) is 5.69 Å². The molecule has 0 aliphatic carbocycles. The van der Waals surface area contributed by atoms with Gasteiger partial charge >= 0.3 is 5.69 Å². The molecule has 1 aromatic heterocycles. The number of thiocarbonyl (C=S) groups is 1. The average Bonchev–Trinajstić information content (AvgIpc) is 2.70.